The monoisotopic (exact) mass is 628 g/mol. The molecule has 2 fully saturated rings. The largest absolute Gasteiger partial charge is 0.325 e. The molecule has 2 aliphatic carbocycles. The lowest BCUT2D eigenvalue weighted by molar-refractivity contribution is -0.657. The Labute approximate surface area is 267 Å². The SMILES string of the molecule is C[n+]1cccc2c1NC(=O)C21Cc2ccc(NC(=O)CN3C(=O)C(CC4CCCCCC4)NCC3c3cc(F)cc(F)c3)cc2C1. The van der Waals surface area contributed by atoms with Crippen molar-refractivity contribution in [1.29, 1.82) is 0 Å². The number of aromatic nitrogens is 1. The number of fused-ring (bicyclic) bond motifs is 3. The van der Waals surface area contributed by atoms with Gasteiger partial charge in [-0.1, -0.05) is 44.6 Å². The number of aryl methyl sites for hydroxylation is 1. The number of carbonyl (C=O) groups is 3. The van der Waals surface area contributed by atoms with Gasteiger partial charge in [-0.2, -0.15) is 0 Å². The highest BCUT2D eigenvalue weighted by molar-refractivity contribution is 6.05. The van der Waals surface area contributed by atoms with E-state index in [1.54, 1.807) is 0 Å². The van der Waals surface area contributed by atoms with Crippen LogP contribution in [0.15, 0.2) is 54.7 Å². The van der Waals surface area contributed by atoms with Crippen molar-refractivity contribution in [2.24, 2.45) is 13.0 Å². The fraction of sp³-hybridized carbons (Fsp3) is 0.444. The van der Waals surface area contributed by atoms with Crippen LogP contribution in [-0.4, -0.2) is 41.8 Å². The van der Waals surface area contributed by atoms with E-state index >= 15 is 0 Å². The Morgan fingerprint density at radius 1 is 1.00 bits per heavy atom. The zero-order chi connectivity index (χ0) is 32.0. The van der Waals surface area contributed by atoms with Gasteiger partial charge in [-0.05, 0) is 78.3 Å². The lowest BCUT2D eigenvalue weighted by Gasteiger charge is -2.40. The van der Waals surface area contributed by atoms with Gasteiger partial charge >= 0.3 is 5.91 Å². The van der Waals surface area contributed by atoms with Gasteiger partial charge in [0, 0.05) is 18.3 Å². The van der Waals surface area contributed by atoms with Crippen LogP contribution in [0.2, 0.25) is 0 Å². The first-order valence-corrected chi connectivity index (χ1v) is 16.4. The molecule has 46 heavy (non-hydrogen) atoms. The maximum absolute atomic E-state index is 14.3. The van der Waals surface area contributed by atoms with Crippen LogP contribution in [0.4, 0.5) is 20.3 Å². The van der Waals surface area contributed by atoms with Gasteiger partial charge in [-0.25, -0.2) is 23.5 Å². The Balaban J connectivity index is 1.09. The van der Waals surface area contributed by atoms with E-state index in [4.69, 9.17) is 0 Å². The summed E-state index contributed by atoms with van der Waals surface area (Å²) in [4.78, 5) is 42.2. The minimum absolute atomic E-state index is 0.0264. The van der Waals surface area contributed by atoms with E-state index in [0.29, 0.717) is 43.0 Å². The zero-order valence-electron chi connectivity index (χ0n) is 26.1. The number of carbonyl (C=O) groups excluding carboxylic acids is 3. The number of anilines is 2. The lowest BCUT2D eigenvalue weighted by Crippen LogP contribution is -2.58. The normalized spacial score (nSPS) is 24.5. The van der Waals surface area contributed by atoms with Crippen LogP contribution in [-0.2, 0) is 39.7 Å². The second-order valence-corrected chi connectivity index (χ2v) is 13.5. The van der Waals surface area contributed by atoms with Gasteiger partial charge in [0.1, 0.15) is 23.6 Å². The summed E-state index contributed by atoms with van der Waals surface area (Å²) < 4.78 is 30.4. The summed E-state index contributed by atoms with van der Waals surface area (Å²) in [6, 6.07) is 11.7. The molecule has 7 rings (SSSR count). The molecule has 3 amide bonds. The minimum atomic E-state index is -0.726. The highest BCUT2D eigenvalue weighted by Gasteiger charge is 2.55. The second-order valence-electron chi connectivity index (χ2n) is 13.5. The van der Waals surface area contributed by atoms with Crippen molar-refractivity contribution in [3.63, 3.8) is 0 Å². The first kappa shape index (κ1) is 30.5. The molecule has 0 radical (unpaired) electrons. The maximum Gasteiger partial charge on any atom is 0.319 e. The maximum atomic E-state index is 14.3. The Hall–Kier alpha value is -4.18. The Kier molecular flexibility index (Phi) is 8.09. The molecule has 3 N–H and O–H groups in total. The predicted molar refractivity (Wildman–Crippen MR) is 169 cm³/mol. The molecule has 0 bridgehead atoms. The van der Waals surface area contributed by atoms with Crippen LogP contribution in [0.1, 0.15) is 73.2 Å². The molecule has 3 atom stereocenters. The van der Waals surface area contributed by atoms with Gasteiger partial charge in [-0.3, -0.25) is 9.59 Å². The number of pyridine rings is 1. The second kappa shape index (κ2) is 12.2. The number of hydrogen-bond donors (Lipinski definition) is 3. The van der Waals surface area contributed by atoms with E-state index in [0.717, 1.165) is 54.3 Å². The fourth-order valence-electron chi connectivity index (χ4n) is 8.14. The van der Waals surface area contributed by atoms with Gasteiger partial charge in [0.2, 0.25) is 11.8 Å². The summed E-state index contributed by atoms with van der Waals surface area (Å²) in [7, 11) is 1.91. The number of halogens is 2. The topological polar surface area (TPSA) is 94.4 Å². The van der Waals surface area contributed by atoms with Crippen LogP contribution >= 0.6 is 0 Å². The number of nitrogens with one attached hydrogen (secondary N) is 3. The Bertz CT molecular complexity index is 1680. The first-order chi connectivity index (χ1) is 22.2. The molecule has 240 valence electrons. The molecule has 2 aliphatic heterocycles. The highest BCUT2D eigenvalue weighted by Crippen LogP contribution is 2.46. The van der Waals surface area contributed by atoms with Crippen LogP contribution in [0, 0.1) is 17.6 Å². The number of amides is 3. The van der Waals surface area contributed by atoms with Gasteiger partial charge in [0.15, 0.2) is 0 Å². The number of piperazine rings is 1. The van der Waals surface area contributed by atoms with Gasteiger partial charge < -0.3 is 15.5 Å². The summed E-state index contributed by atoms with van der Waals surface area (Å²) in [5, 5.41) is 9.34. The quantitative estimate of drug-likeness (QED) is 0.275. The molecule has 10 heteroatoms. The molecule has 3 aromatic rings. The molecule has 3 heterocycles. The third kappa shape index (κ3) is 5.68. The summed E-state index contributed by atoms with van der Waals surface area (Å²) in [5.74, 6) is -0.870. The van der Waals surface area contributed by atoms with E-state index in [1.165, 1.54) is 29.9 Å². The molecular weight excluding hydrogens is 588 g/mol. The molecule has 4 aliphatic rings. The molecule has 1 spiro atoms. The molecule has 8 nitrogen and oxygen atoms in total. The van der Waals surface area contributed by atoms with Crippen molar-refractivity contribution in [3.05, 3.63) is 88.6 Å². The summed E-state index contributed by atoms with van der Waals surface area (Å²) >= 11 is 0. The van der Waals surface area contributed by atoms with Crippen molar-refractivity contribution in [3.8, 4) is 0 Å². The van der Waals surface area contributed by atoms with Crippen LogP contribution in [0.5, 0.6) is 0 Å². The Morgan fingerprint density at radius 3 is 2.50 bits per heavy atom. The first-order valence-electron chi connectivity index (χ1n) is 16.4. The lowest BCUT2D eigenvalue weighted by atomic mass is 9.79. The van der Waals surface area contributed by atoms with Gasteiger partial charge in [-0.15, -0.1) is 0 Å². The van der Waals surface area contributed by atoms with E-state index in [9.17, 15) is 23.2 Å². The summed E-state index contributed by atoms with van der Waals surface area (Å²) in [5.41, 5.74) is 3.21. The van der Waals surface area contributed by atoms with E-state index in [1.807, 2.05) is 48.1 Å². The van der Waals surface area contributed by atoms with Crippen molar-refractivity contribution < 1.29 is 27.7 Å². The van der Waals surface area contributed by atoms with Crippen LogP contribution in [0.25, 0.3) is 0 Å². The average molecular weight is 629 g/mol. The van der Waals surface area contributed by atoms with Crippen LogP contribution < -0.4 is 20.5 Å². The number of hydrogen-bond acceptors (Lipinski definition) is 4. The molecule has 1 saturated carbocycles. The van der Waals surface area contributed by atoms with Crippen molar-refractivity contribution >= 4 is 29.2 Å². The molecule has 1 saturated heterocycles. The highest BCUT2D eigenvalue weighted by atomic mass is 19.1. The number of benzene rings is 2. The van der Waals surface area contributed by atoms with Crippen LogP contribution in [0.3, 0.4) is 0 Å². The minimum Gasteiger partial charge on any atom is -0.325 e. The molecule has 1 aromatic heterocycles. The molecule has 2 aromatic carbocycles. The van der Waals surface area contributed by atoms with E-state index in [2.05, 4.69) is 16.0 Å². The molecule has 3 unspecified atom stereocenters. The smallest absolute Gasteiger partial charge is 0.319 e. The van der Waals surface area contributed by atoms with Crippen molar-refractivity contribution in [1.82, 2.24) is 10.2 Å². The number of rotatable bonds is 6. The third-order valence-electron chi connectivity index (χ3n) is 10.5. The Morgan fingerprint density at radius 2 is 1.74 bits per heavy atom. The summed E-state index contributed by atoms with van der Waals surface area (Å²) in [6.07, 6.45) is 10.6. The average Bonchev–Trinajstić information content (AvgIpc) is 3.39. The summed E-state index contributed by atoms with van der Waals surface area (Å²) in [6.45, 7) is 0.0410. The van der Waals surface area contributed by atoms with Crippen molar-refractivity contribution in [2.75, 3.05) is 23.7 Å². The third-order valence-corrected chi connectivity index (χ3v) is 10.5. The van der Waals surface area contributed by atoms with E-state index < -0.39 is 35.0 Å². The fourth-order valence-corrected chi connectivity index (χ4v) is 8.14. The number of nitrogens with zero attached hydrogens (tertiary/aromatic N) is 2. The van der Waals surface area contributed by atoms with E-state index in [-0.39, 0.29) is 18.4 Å². The molecular formula is C36H40F2N5O3+. The standard InChI is InChI=1S/C36H39F2N5O3/c1-42-12-6-9-29-33(42)41-35(46)36(29)18-23-10-11-28(16-25(23)19-36)40-32(44)21-43-31(24-14-26(37)17-27(38)15-24)20-39-30(34(43)45)13-22-7-4-2-3-5-8-22/h6,9-12,14-17,22,30-31,39H,2-5,7-8,13,18-21H2,1H3,(H,40,44)/p+1. The van der Waals surface area contributed by atoms with Gasteiger partial charge in [0.25, 0.3) is 5.82 Å². The zero-order valence-corrected chi connectivity index (χ0v) is 26.1. The van der Waals surface area contributed by atoms with Gasteiger partial charge in [0.05, 0.1) is 30.9 Å². The van der Waals surface area contributed by atoms with Crippen molar-refractivity contribution in [2.45, 2.75) is 75.3 Å². The predicted octanol–water partition coefficient (Wildman–Crippen LogP) is 4.62.